The van der Waals surface area contributed by atoms with Crippen LogP contribution < -0.4 is 10.9 Å². The molecule has 3 heterocycles. The van der Waals surface area contributed by atoms with Crippen LogP contribution in [0, 0.1) is 12.7 Å². The number of rotatable bonds is 7. The lowest BCUT2D eigenvalue weighted by Gasteiger charge is -2.11. The van der Waals surface area contributed by atoms with Gasteiger partial charge < -0.3 is 15.5 Å². The van der Waals surface area contributed by atoms with Gasteiger partial charge in [-0.25, -0.2) is 14.4 Å². The molecule has 3 N–H and O–H groups in total. The molecule has 0 amide bonds. The van der Waals surface area contributed by atoms with Crippen molar-refractivity contribution in [2.45, 2.75) is 13.5 Å². The number of aliphatic hydroxyl groups is 2. The van der Waals surface area contributed by atoms with Crippen molar-refractivity contribution < 1.29 is 14.6 Å². The highest BCUT2D eigenvalue weighted by molar-refractivity contribution is 6.30. The molecule has 3 aromatic heterocycles. The maximum absolute atomic E-state index is 13.9. The molecule has 0 saturated carbocycles. The highest BCUT2D eigenvalue weighted by atomic mass is 35.5. The van der Waals surface area contributed by atoms with Gasteiger partial charge in [0.25, 0.3) is 5.56 Å². The summed E-state index contributed by atoms with van der Waals surface area (Å²) in [7, 11) is 0. The Morgan fingerprint density at radius 3 is 2.79 bits per heavy atom. The summed E-state index contributed by atoms with van der Waals surface area (Å²) in [6.45, 7) is 2.16. The molecule has 0 saturated heterocycles. The molecule has 0 aliphatic heterocycles. The Hall–Kier alpha value is -4.02. The Labute approximate surface area is 198 Å². The van der Waals surface area contributed by atoms with E-state index in [4.69, 9.17) is 16.7 Å². The Kier molecular flexibility index (Phi) is 6.71. The third kappa shape index (κ3) is 4.82. The summed E-state index contributed by atoms with van der Waals surface area (Å²) in [6, 6.07) is 8.64. The molecule has 0 aliphatic rings. The topological polar surface area (TPSA) is 118 Å². The van der Waals surface area contributed by atoms with Gasteiger partial charge in [0.1, 0.15) is 12.1 Å². The monoisotopic (exact) mass is 482 g/mol. The number of aliphatic hydroxyl groups excluding tert-OH is 2. The Bertz CT molecular complexity index is 1430. The van der Waals surface area contributed by atoms with Crippen LogP contribution in [0.3, 0.4) is 0 Å². The molecule has 0 unspecified atom stereocenters. The van der Waals surface area contributed by atoms with Crippen LogP contribution in [-0.2, 0) is 6.54 Å². The second-order valence-corrected chi connectivity index (χ2v) is 7.68. The Morgan fingerprint density at radius 2 is 2.09 bits per heavy atom. The van der Waals surface area contributed by atoms with Crippen LogP contribution in [0.15, 0.2) is 66.0 Å². The predicted octanol–water partition coefficient (Wildman–Crippen LogP) is 3.74. The smallest absolute Gasteiger partial charge is 0.255 e. The van der Waals surface area contributed by atoms with Crippen molar-refractivity contribution >= 4 is 28.9 Å². The summed E-state index contributed by atoms with van der Waals surface area (Å²) in [4.78, 5) is 21.5. The third-order valence-corrected chi connectivity index (χ3v) is 5.30. The Morgan fingerprint density at radius 1 is 1.26 bits per heavy atom. The minimum absolute atomic E-state index is 0.0295. The average molecular weight is 483 g/mol. The minimum Gasteiger partial charge on any atom is -0.513 e. The first kappa shape index (κ1) is 23.1. The molecular weight excluding hydrogens is 463 g/mol. The van der Waals surface area contributed by atoms with Gasteiger partial charge in [-0.3, -0.25) is 14.0 Å². The largest absolute Gasteiger partial charge is 0.513 e. The summed E-state index contributed by atoms with van der Waals surface area (Å²) in [5, 5.41) is 26.1. The van der Waals surface area contributed by atoms with Gasteiger partial charge in [0.05, 0.1) is 40.9 Å². The molecule has 174 valence electrons. The predicted molar refractivity (Wildman–Crippen MR) is 126 cm³/mol. The second-order valence-electron chi connectivity index (χ2n) is 7.27. The van der Waals surface area contributed by atoms with Crippen molar-refractivity contribution in [2.75, 3.05) is 11.9 Å². The van der Waals surface area contributed by atoms with E-state index in [1.165, 1.54) is 29.0 Å². The average Bonchev–Trinajstić information content (AvgIpc) is 3.16. The number of aromatic nitrogens is 5. The summed E-state index contributed by atoms with van der Waals surface area (Å²) in [5.74, 6) is -0.359. The standard InChI is InChI=1S/C23H20ClFN6O3/c1-14-20(12-30(29-14)8-9-32)28-23-26-6-4-19(27-23)15-5-7-31(22(34)11-15)21(13-33)16-2-3-17(24)18(25)10-16/h2-7,10-13,32-33H,8-9H2,1H3,(H,26,27,28)/b21-13+. The number of halogens is 2. The zero-order valence-electron chi connectivity index (χ0n) is 18.0. The summed E-state index contributed by atoms with van der Waals surface area (Å²) < 4.78 is 16.7. The van der Waals surface area contributed by atoms with Crippen LogP contribution in [0.5, 0.6) is 0 Å². The molecule has 0 bridgehead atoms. The highest BCUT2D eigenvalue weighted by Crippen LogP contribution is 2.23. The molecule has 0 spiro atoms. The normalized spacial score (nSPS) is 11.6. The molecule has 9 nitrogen and oxygen atoms in total. The summed E-state index contributed by atoms with van der Waals surface area (Å²) in [6.07, 6.45) is 5.49. The number of aryl methyl sites for hydroxylation is 1. The highest BCUT2D eigenvalue weighted by Gasteiger charge is 2.12. The zero-order valence-corrected chi connectivity index (χ0v) is 18.7. The van der Waals surface area contributed by atoms with Crippen LogP contribution in [0.2, 0.25) is 5.02 Å². The van der Waals surface area contributed by atoms with Crippen molar-refractivity contribution in [3.63, 3.8) is 0 Å². The zero-order chi connectivity index (χ0) is 24.2. The van der Waals surface area contributed by atoms with Gasteiger partial charge in [-0.1, -0.05) is 17.7 Å². The van der Waals surface area contributed by atoms with Crippen molar-refractivity contribution in [3.8, 4) is 11.3 Å². The molecule has 4 rings (SSSR count). The van der Waals surface area contributed by atoms with Crippen LogP contribution in [-0.4, -0.2) is 41.1 Å². The fourth-order valence-corrected chi connectivity index (χ4v) is 3.44. The van der Waals surface area contributed by atoms with Gasteiger partial charge in [0.2, 0.25) is 5.95 Å². The van der Waals surface area contributed by atoms with Crippen LogP contribution in [0.1, 0.15) is 11.3 Å². The number of pyridine rings is 1. The number of anilines is 2. The van der Waals surface area contributed by atoms with Crippen molar-refractivity contribution in [1.82, 2.24) is 24.3 Å². The van der Waals surface area contributed by atoms with E-state index < -0.39 is 11.4 Å². The molecule has 1 aromatic carbocycles. The Balaban J connectivity index is 1.62. The van der Waals surface area contributed by atoms with Crippen molar-refractivity contribution in [2.24, 2.45) is 0 Å². The van der Waals surface area contributed by atoms with Gasteiger partial charge in [0.15, 0.2) is 0 Å². The van der Waals surface area contributed by atoms with Crippen molar-refractivity contribution in [3.05, 3.63) is 93.7 Å². The lowest BCUT2D eigenvalue weighted by Crippen LogP contribution is -2.18. The van der Waals surface area contributed by atoms with E-state index in [1.54, 1.807) is 29.2 Å². The van der Waals surface area contributed by atoms with Crippen molar-refractivity contribution in [1.29, 1.82) is 0 Å². The fraction of sp³-hybridized carbons (Fsp3) is 0.130. The molecule has 11 heteroatoms. The van der Waals surface area contributed by atoms with Crippen LogP contribution in [0.25, 0.3) is 17.0 Å². The molecule has 0 atom stereocenters. The van der Waals surface area contributed by atoms with Gasteiger partial charge in [-0.15, -0.1) is 0 Å². The summed E-state index contributed by atoms with van der Waals surface area (Å²) in [5.41, 5.74) is 2.34. The first-order chi connectivity index (χ1) is 16.4. The molecule has 34 heavy (non-hydrogen) atoms. The summed E-state index contributed by atoms with van der Waals surface area (Å²) >= 11 is 5.72. The van der Waals surface area contributed by atoms with Gasteiger partial charge >= 0.3 is 0 Å². The fourth-order valence-electron chi connectivity index (χ4n) is 3.33. The molecule has 4 aromatic rings. The first-order valence-corrected chi connectivity index (χ1v) is 10.6. The molecule has 0 radical (unpaired) electrons. The minimum atomic E-state index is -0.665. The SMILES string of the molecule is Cc1nn(CCO)cc1Nc1nccc(-c2ccn(/C(=C/O)c3ccc(Cl)c(F)c3)c(=O)c2)n1. The first-order valence-electron chi connectivity index (χ1n) is 10.2. The maximum Gasteiger partial charge on any atom is 0.255 e. The lowest BCUT2D eigenvalue weighted by molar-refractivity contribution is 0.269. The second kappa shape index (κ2) is 9.86. The van der Waals surface area contributed by atoms with E-state index in [-0.39, 0.29) is 22.9 Å². The van der Waals surface area contributed by atoms with E-state index in [0.717, 1.165) is 12.3 Å². The van der Waals surface area contributed by atoms with E-state index in [1.807, 2.05) is 6.92 Å². The van der Waals surface area contributed by atoms with Gasteiger partial charge in [0, 0.05) is 35.8 Å². The van der Waals surface area contributed by atoms with E-state index in [9.17, 15) is 14.3 Å². The number of benzene rings is 1. The number of hydrogen-bond acceptors (Lipinski definition) is 7. The lowest BCUT2D eigenvalue weighted by atomic mass is 10.1. The molecular formula is C23H20ClFN6O3. The van der Waals surface area contributed by atoms with Crippen LogP contribution in [0.4, 0.5) is 16.0 Å². The number of nitrogens with zero attached hydrogens (tertiary/aromatic N) is 5. The van der Waals surface area contributed by atoms with Gasteiger partial charge in [-0.05, 0) is 31.2 Å². The molecule has 0 fully saturated rings. The quantitative estimate of drug-likeness (QED) is 0.343. The van der Waals surface area contributed by atoms with Gasteiger partial charge in [-0.2, -0.15) is 5.10 Å². The third-order valence-electron chi connectivity index (χ3n) is 4.99. The van der Waals surface area contributed by atoms with E-state index in [2.05, 4.69) is 20.4 Å². The molecule has 0 aliphatic carbocycles. The number of hydrogen-bond donors (Lipinski definition) is 3. The van der Waals surface area contributed by atoms with Crippen LogP contribution >= 0.6 is 11.6 Å². The number of nitrogens with one attached hydrogen (secondary N) is 1. The van der Waals surface area contributed by atoms with E-state index >= 15 is 0 Å². The van der Waals surface area contributed by atoms with E-state index in [0.29, 0.717) is 35.1 Å². The maximum atomic E-state index is 13.9.